The van der Waals surface area contributed by atoms with Gasteiger partial charge in [-0.05, 0) is 67.6 Å². The number of carbonyl (C=O) groups is 1. The minimum atomic E-state index is 0.126. The lowest BCUT2D eigenvalue weighted by atomic mass is 10.1. The molecule has 170 valence electrons. The molecule has 2 saturated heterocycles. The Bertz CT molecular complexity index is 927. The molecule has 1 amide bonds. The van der Waals surface area contributed by atoms with Gasteiger partial charge in [-0.15, -0.1) is 0 Å². The fourth-order valence-corrected chi connectivity index (χ4v) is 4.32. The molecule has 0 saturated carbocycles. The Morgan fingerprint density at radius 2 is 1.78 bits per heavy atom. The van der Waals surface area contributed by atoms with Crippen LogP contribution in [0.25, 0.3) is 6.08 Å². The molecule has 4 rings (SSSR count). The number of hydrogen-bond donors (Lipinski definition) is 1. The van der Waals surface area contributed by atoms with E-state index in [0.29, 0.717) is 5.75 Å². The number of likely N-dealkylation sites (tertiary alicyclic amines) is 2. The van der Waals surface area contributed by atoms with E-state index in [-0.39, 0.29) is 17.8 Å². The first-order chi connectivity index (χ1) is 15.6. The third kappa shape index (κ3) is 5.62. The van der Waals surface area contributed by atoms with Gasteiger partial charge in [0.2, 0.25) is 0 Å². The van der Waals surface area contributed by atoms with Crippen LogP contribution in [0.2, 0.25) is 0 Å². The average Bonchev–Trinajstić information content (AvgIpc) is 3.36. The summed E-state index contributed by atoms with van der Waals surface area (Å²) in [5.74, 6) is 1.60. The standard InChI is InChI=1S/C26H32N2O4/c1-31-25-19-20(6-11-24(25)29)5-4-14-27-17-12-23(13-18-27)32-22-9-7-21(8-10-22)26(30)28-15-2-3-16-28/h4-11,19,23,29H,2-3,12-18H2,1H3/b5-4+. The average molecular weight is 437 g/mol. The van der Waals surface area contributed by atoms with Crippen LogP contribution in [0.15, 0.2) is 48.5 Å². The molecule has 0 atom stereocenters. The third-order valence-electron chi connectivity index (χ3n) is 6.21. The molecular formula is C26H32N2O4. The molecule has 0 unspecified atom stereocenters. The molecule has 6 nitrogen and oxygen atoms in total. The second-order valence-corrected chi connectivity index (χ2v) is 8.48. The van der Waals surface area contributed by atoms with Crippen molar-refractivity contribution in [2.75, 3.05) is 39.8 Å². The smallest absolute Gasteiger partial charge is 0.253 e. The molecule has 2 aromatic rings. The van der Waals surface area contributed by atoms with Crippen LogP contribution in [0.5, 0.6) is 17.2 Å². The number of ether oxygens (including phenoxy) is 2. The fourth-order valence-electron chi connectivity index (χ4n) is 4.32. The third-order valence-corrected chi connectivity index (χ3v) is 6.21. The van der Waals surface area contributed by atoms with E-state index < -0.39 is 0 Å². The van der Waals surface area contributed by atoms with Gasteiger partial charge in [0, 0.05) is 38.3 Å². The van der Waals surface area contributed by atoms with Gasteiger partial charge in [0.15, 0.2) is 11.5 Å². The summed E-state index contributed by atoms with van der Waals surface area (Å²) in [6, 6.07) is 13.0. The summed E-state index contributed by atoms with van der Waals surface area (Å²) < 4.78 is 11.3. The van der Waals surface area contributed by atoms with Crippen molar-refractivity contribution in [2.24, 2.45) is 0 Å². The van der Waals surface area contributed by atoms with Gasteiger partial charge in [-0.2, -0.15) is 0 Å². The lowest BCUT2D eigenvalue weighted by Gasteiger charge is -2.31. The molecule has 0 aromatic heterocycles. The summed E-state index contributed by atoms with van der Waals surface area (Å²) in [6.45, 7) is 4.59. The SMILES string of the molecule is COc1cc(/C=C/CN2CCC(Oc3ccc(C(=O)N4CCCC4)cc3)CC2)ccc1O. The number of nitrogens with zero attached hydrogens (tertiary/aromatic N) is 2. The molecule has 32 heavy (non-hydrogen) atoms. The van der Waals surface area contributed by atoms with Crippen LogP contribution in [-0.2, 0) is 0 Å². The molecule has 2 fully saturated rings. The summed E-state index contributed by atoms with van der Waals surface area (Å²) in [6.07, 6.45) is 8.57. The van der Waals surface area contributed by atoms with E-state index >= 15 is 0 Å². The van der Waals surface area contributed by atoms with E-state index in [1.54, 1.807) is 13.2 Å². The molecule has 2 aliphatic heterocycles. The second-order valence-electron chi connectivity index (χ2n) is 8.48. The quantitative estimate of drug-likeness (QED) is 0.705. The van der Waals surface area contributed by atoms with Crippen molar-refractivity contribution >= 4 is 12.0 Å². The molecular weight excluding hydrogens is 404 g/mol. The number of benzene rings is 2. The zero-order valence-electron chi connectivity index (χ0n) is 18.7. The van der Waals surface area contributed by atoms with E-state index in [2.05, 4.69) is 17.1 Å². The Balaban J connectivity index is 1.21. The van der Waals surface area contributed by atoms with Gasteiger partial charge < -0.3 is 19.5 Å². The zero-order valence-corrected chi connectivity index (χ0v) is 18.7. The van der Waals surface area contributed by atoms with Gasteiger partial charge in [-0.25, -0.2) is 0 Å². The van der Waals surface area contributed by atoms with E-state index in [1.807, 2.05) is 41.3 Å². The Morgan fingerprint density at radius 1 is 1.06 bits per heavy atom. The van der Waals surface area contributed by atoms with Crippen LogP contribution in [-0.4, -0.2) is 66.8 Å². The number of rotatable bonds is 7. The number of methoxy groups -OCH3 is 1. The van der Waals surface area contributed by atoms with Crippen LogP contribution in [0, 0.1) is 0 Å². The first-order valence-corrected chi connectivity index (χ1v) is 11.4. The first-order valence-electron chi connectivity index (χ1n) is 11.4. The lowest BCUT2D eigenvalue weighted by molar-refractivity contribution is 0.0792. The Hall–Kier alpha value is -2.99. The van der Waals surface area contributed by atoms with Crippen molar-refractivity contribution in [1.82, 2.24) is 9.80 Å². The maximum Gasteiger partial charge on any atom is 0.253 e. The number of phenols is 1. The molecule has 2 aliphatic rings. The number of aromatic hydroxyl groups is 1. The van der Waals surface area contributed by atoms with Crippen LogP contribution in [0.3, 0.4) is 0 Å². The zero-order chi connectivity index (χ0) is 22.3. The van der Waals surface area contributed by atoms with Crippen molar-refractivity contribution in [3.05, 3.63) is 59.7 Å². The van der Waals surface area contributed by atoms with E-state index in [9.17, 15) is 9.90 Å². The molecule has 0 spiro atoms. The number of hydrogen-bond acceptors (Lipinski definition) is 5. The minimum Gasteiger partial charge on any atom is -0.504 e. The first kappa shape index (κ1) is 22.2. The molecule has 2 heterocycles. The topological polar surface area (TPSA) is 62.2 Å². The van der Waals surface area contributed by atoms with Crippen molar-refractivity contribution in [3.63, 3.8) is 0 Å². The van der Waals surface area contributed by atoms with E-state index in [1.165, 1.54) is 0 Å². The second kappa shape index (κ2) is 10.6. The van der Waals surface area contributed by atoms with E-state index in [4.69, 9.17) is 9.47 Å². The van der Waals surface area contributed by atoms with Gasteiger partial charge in [0.25, 0.3) is 5.91 Å². The fraction of sp³-hybridized carbons (Fsp3) is 0.423. The summed E-state index contributed by atoms with van der Waals surface area (Å²) in [5.41, 5.74) is 1.75. The predicted molar refractivity (Wildman–Crippen MR) is 125 cm³/mol. The van der Waals surface area contributed by atoms with Crippen LogP contribution in [0.4, 0.5) is 0 Å². The summed E-state index contributed by atoms with van der Waals surface area (Å²) in [5, 5.41) is 9.69. The molecule has 1 N–H and O–H groups in total. The largest absolute Gasteiger partial charge is 0.504 e. The summed E-state index contributed by atoms with van der Waals surface area (Å²) in [7, 11) is 1.55. The number of piperidine rings is 1. The van der Waals surface area contributed by atoms with Crippen molar-refractivity contribution in [3.8, 4) is 17.2 Å². The summed E-state index contributed by atoms with van der Waals surface area (Å²) in [4.78, 5) is 16.8. The molecule has 2 aromatic carbocycles. The number of carbonyl (C=O) groups excluding carboxylic acids is 1. The van der Waals surface area contributed by atoms with E-state index in [0.717, 1.165) is 75.3 Å². The lowest BCUT2D eigenvalue weighted by Crippen LogP contribution is -2.38. The Morgan fingerprint density at radius 3 is 2.47 bits per heavy atom. The Labute approximate surface area is 190 Å². The minimum absolute atomic E-state index is 0.126. The molecule has 0 aliphatic carbocycles. The molecule has 6 heteroatoms. The number of phenolic OH excluding ortho intramolecular Hbond substituents is 1. The van der Waals surface area contributed by atoms with Gasteiger partial charge in [0.05, 0.1) is 7.11 Å². The normalized spacial score (nSPS) is 17.7. The highest BCUT2D eigenvalue weighted by molar-refractivity contribution is 5.94. The van der Waals surface area contributed by atoms with Crippen LogP contribution >= 0.6 is 0 Å². The maximum absolute atomic E-state index is 12.5. The molecule has 0 bridgehead atoms. The highest BCUT2D eigenvalue weighted by atomic mass is 16.5. The van der Waals surface area contributed by atoms with Crippen LogP contribution in [0.1, 0.15) is 41.6 Å². The van der Waals surface area contributed by atoms with Gasteiger partial charge in [0.1, 0.15) is 11.9 Å². The van der Waals surface area contributed by atoms with Crippen LogP contribution < -0.4 is 9.47 Å². The number of amides is 1. The Kier molecular flexibility index (Phi) is 7.32. The monoisotopic (exact) mass is 436 g/mol. The van der Waals surface area contributed by atoms with Crippen molar-refractivity contribution in [1.29, 1.82) is 0 Å². The molecule has 0 radical (unpaired) electrons. The predicted octanol–water partition coefficient (Wildman–Crippen LogP) is 4.19. The van der Waals surface area contributed by atoms with Crippen molar-refractivity contribution in [2.45, 2.75) is 31.8 Å². The van der Waals surface area contributed by atoms with Gasteiger partial charge in [-0.3, -0.25) is 9.69 Å². The highest BCUT2D eigenvalue weighted by Crippen LogP contribution is 2.27. The van der Waals surface area contributed by atoms with Crippen molar-refractivity contribution < 1.29 is 19.4 Å². The summed E-state index contributed by atoms with van der Waals surface area (Å²) >= 11 is 0. The van der Waals surface area contributed by atoms with Gasteiger partial charge in [-0.1, -0.05) is 18.2 Å². The maximum atomic E-state index is 12.5. The van der Waals surface area contributed by atoms with Gasteiger partial charge >= 0.3 is 0 Å². The highest BCUT2D eigenvalue weighted by Gasteiger charge is 2.21.